The van der Waals surface area contributed by atoms with Crippen molar-refractivity contribution in [2.24, 2.45) is 0 Å². The Hall–Kier alpha value is -3.22. The average molecular weight is 355 g/mol. The maximum atomic E-state index is 12.3. The van der Waals surface area contributed by atoms with Crippen molar-refractivity contribution >= 4 is 29.0 Å². The maximum Gasteiger partial charge on any atom is 0.323 e. The first-order valence-corrected chi connectivity index (χ1v) is 8.31. The van der Waals surface area contributed by atoms with E-state index in [4.69, 9.17) is 9.47 Å². The van der Waals surface area contributed by atoms with Gasteiger partial charge in [-0.15, -0.1) is 0 Å². The topological polar surface area (TPSA) is 79.9 Å². The number of amides is 3. The zero-order chi connectivity index (χ0) is 18.5. The molecule has 7 heteroatoms. The Morgan fingerprint density at radius 3 is 2.38 bits per heavy atom. The molecular formula is C19H21N3O4. The Bertz CT molecular complexity index is 822. The highest BCUT2D eigenvalue weighted by molar-refractivity contribution is 6.01. The van der Waals surface area contributed by atoms with Crippen LogP contribution in [-0.2, 0) is 4.79 Å². The van der Waals surface area contributed by atoms with E-state index in [1.54, 1.807) is 42.3 Å². The normalized spacial score (nSPS) is 13.5. The van der Waals surface area contributed by atoms with Crippen molar-refractivity contribution < 1.29 is 19.1 Å². The fourth-order valence-electron chi connectivity index (χ4n) is 2.88. The molecule has 1 fully saturated rings. The van der Waals surface area contributed by atoms with E-state index in [9.17, 15) is 9.59 Å². The summed E-state index contributed by atoms with van der Waals surface area (Å²) in [5, 5.41) is 5.52. The van der Waals surface area contributed by atoms with E-state index in [1.807, 2.05) is 12.1 Å². The number of rotatable bonds is 5. The van der Waals surface area contributed by atoms with Crippen molar-refractivity contribution in [1.82, 2.24) is 0 Å². The molecule has 3 rings (SSSR count). The SMILES string of the molecule is COc1ccc(NC(=O)Nc2cccc(N3CCCC3=O)c2)cc1OC. The van der Waals surface area contributed by atoms with Gasteiger partial charge in [0.05, 0.1) is 14.2 Å². The zero-order valence-electron chi connectivity index (χ0n) is 14.7. The van der Waals surface area contributed by atoms with Crippen LogP contribution < -0.4 is 25.0 Å². The summed E-state index contributed by atoms with van der Waals surface area (Å²) in [6.07, 6.45) is 1.42. The van der Waals surface area contributed by atoms with Gasteiger partial charge >= 0.3 is 6.03 Å². The summed E-state index contributed by atoms with van der Waals surface area (Å²) in [5.74, 6) is 1.22. The summed E-state index contributed by atoms with van der Waals surface area (Å²) in [5.41, 5.74) is 1.97. The van der Waals surface area contributed by atoms with Crippen molar-refractivity contribution in [2.45, 2.75) is 12.8 Å². The second kappa shape index (κ2) is 7.77. The third-order valence-electron chi connectivity index (χ3n) is 4.13. The van der Waals surface area contributed by atoms with Crippen molar-refractivity contribution in [3.05, 3.63) is 42.5 Å². The molecule has 136 valence electrons. The number of nitrogens with one attached hydrogen (secondary N) is 2. The van der Waals surface area contributed by atoms with Gasteiger partial charge in [0.15, 0.2) is 11.5 Å². The van der Waals surface area contributed by atoms with Gasteiger partial charge in [0.2, 0.25) is 5.91 Å². The molecule has 0 aromatic heterocycles. The molecule has 1 heterocycles. The molecule has 1 aliphatic heterocycles. The molecule has 3 amide bonds. The molecule has 0 atom stereocenters. The lowest BCUT2D eigenvalue weighted by Crippen LogP contribution is -2.24. The van der Waals surface area contributed by atoms with Crippen molar-refractivity contribution in [3.63, 3.8) is 0 Å². The molecule has 1 saturated heterocycles. The quantitative estimate of drug-likeness (QED) is 0.861. The largest absolute Gasteiger partial charge is 0.493 e. The number of carbonyl (C=O) groups excluding carboxylic acids is 2. The Labute approximate surface area is 151 Å². The fraction of sp³-hybridized carbons (Fsp3) is 0.263. The summed E-state index contributed by atoms with van der Waals surface area (Å²) < 4.78 is 10.4. The Morgan fingerprint density at radius 2 is 1.73 bits per heavy atom. The first kappa shape index (κ1) is 17.6. The molecule has 0 aliphatic carbocycles. The summed E-state index contributed by atoms with van der Waals surface area (Å²) in [7, 11) is 3.09. The zero-order valence-corrected chi connectivity index (χ0v) is 14.7. The minimum absolute atomic E-state index is 0.108. The molecule has 2 aromatic carbocycles. The van der Waals surface area contributed by atoms with E-state index in [-0.39, 0.29) is 11.9 Å². The van der Waals surface area contributed by atoms with Crippen molar-refractivity contribution in [3.8, 4) is 11.5 Å². The van der Waals surface area contributed by atoms with Crippen LogP contribution >= 0.6 is 0 Å². The number of hydrogen-bond acceptors (Lipinski definition) is 4. The number of anilines is 3. The predicted molar refractivity (Wildman–Crippen MR) is 100 cm³/mol. The molecule has 2 N–H and O–H groups in total. The van der Waals surface area contributed by atoms with E-state index < -0.39 is 0 Å². The lowest BCUT2D eigenvalue weighted by Gasteiger charge is -2.17. The van der Waals surface area contributed by atoms with E-state index in [0.29, 0.717) is 35.8 Å². The Balaban J connectivity index is 1.68. The minimum Gasteiger partial charge on any atom is -0.493 e. The molecule has 2 aromatic rings. The highest BCUT2D eigenvalue weighted by Gasteiger charge is 2.21. The van der Waals surface area contributed by atoms with Gasteiger partial charge in [-0.05, 0) is 36.8 Å². The van der Waals surface area contributed by atoms with Crippen LogP contribution in [0.5, 0.6) is 11.5 Å². The number of ether oxygens (including phenoxy) is 2. The number of nitrogens with zero attached hydrogens (tertiary/aromatic N) is 1. The molecule has 0 radical (unpaired) electrons. The number of methoxy groups -OCH3 is 2. The van der Waals surface area contributed by atoms with Crippen LogP contribution in [0.15, 0.2) is 42.5 Å². The molecule has 0 spiro atoms. The second-order valence-corrected chi connectivity index (χ2v) is 5.85. The first-order valence-electron chi connectivity index (χ1n) is 8.31. The highest BCUT2D eigenvalue weighted by atomic mass is 16.5. The van der Waals surface area contributed by atoms with Crippen molar-refractivity contribution in [2.75, 3.05) is 36.3 Å². The van der Waals surface area contributed by atoms with Crippen LogP contribution in [0.1, 0.15) is 12.8 Å². The predicted octanol–water partition coefficient (Wildman–Crippen LogP) is 3.47. The highest BCUT2D eigenvalue weighted by Crippen LogP contribution is 2.30. The van der Waals surface area contributed by atoms with Crippen LogP contribution in [0.2, 0.25) is 0 Å². The monoisotopic (exact) mass is 355 g/mol. The summed E-state index contributed by atoms with van der Waals surface area (Å²) >= 11 is 0. The van der Waals surface area contributed by atoms with Gasteiger partial charge in [0.1, 0.15) is 0 Å². The molecule has 0 saturated carbocycles. The Kier molecular flexibility index (Phi) is 5.26. The number of hydrogen-bond donors (Lipinski definition) is 2. The molecule has 26 heavy (non-hydrogen) atoms. The summed E-state index contributed by atoms with van der Waals surface area (Å²) in [4.78, 5) is 25.9. The number of benzene rings is 2. The standard InChI is InChI=1S/C19H21N3O4/c1-25-16-9-8-14(12-17(16)26-2)21-19(24)20-13-5-3-6-15(11-13)22-10-4-7-18(22)23/h3,5-6,8-9,11-12H,4,7,10H2,1-2H3,(H2,20,21,24). The van der Waals surface area contributed by atoms with E-state index in [0.717, 1.165) is 12.1 Å². The molecule has 0 unspecified atom stereocenters. The average Bonchev–Trinajstić information content (AvgIpc) is 3.07. The van der Waals surface area contributed by atoms with Crippen LogP contribution in [-0.4, -0.2) is 32.7 Å². The van der Waals surface area contributed by atoms with E-state index in [2.05, 4.69) is 10.6 Å². The van der Waals surface area contributed by atoms with Crippen LogP contribution in [0.3, 0.4) is 0 Å². The number of urea groups is 1. The summed E-state index contributed by atoms with van der Waals surface area (Å²) in [6, 6.07) is 12.0. The van der Waals surface area contributed by atoms with Gasteiger partial charge < -0.3 is 25.0 Å². The fourth-order valence-corrected chi connectivity index (χ4v) is 2.88. The van der Waals surface area contributed by atoms with Crippen LogP contribution in [0.4, 0.5) is 21.9 Å². The molecular weight excluding hydrogens is 334 g/mol. The van der Waals surface area contributed by atoms with Gasteiger partial charge in [-0.2, -0.15) is 0 Å². The third kappa shape index (κ3) is 3.88. The summed E-state index contributed by atoms with van der Waals surface area (Å²) in [6.45, 7) is 0.708. The lowest BCUT2D eigenvalue weighted by molar-refractivity contribution is -0.117. The van der Waals surface area contributed by atoms with Crippen LogP contribution in [0, 0.1) is 0 Å². The van der Waals surface area contributed by atoms with Gasteiger partial charge in [-0.3, -0.25) is 4.79 Å². The van der Waals surface area contributed by atoms with Gasteiger partial charge in [-0.25, -0.2) is 4.79 Å². The van der Waals surface area contributed by atoms with E-state index >= 15 is 0 Å². The number of carbonyl (C=O) groups is 2. The van der Waals surface area contributed by atoms with Crippen LogP contribution in [0.25, 0.3) is 0 Å². The van der Waals surface area contributed by atoms with Crippen molar-refractivity contribution in [1.29, 1.82) is 0 Å². The van der Waals surface area contributed by atoms with Gasteiger partial charge in [0.25, 0.3) is 0 Å². The minimum atomic E-state index is -0.387. The Morgan fingerprint density at radius 1 is 1.00 bits per heavy atom. The lowest BCUT2D eigenvalue weighted by atomic mass is 10.2. The first-order chi connectivity index (χ1) is 12.6. The smallest absolute Gasteiger partial charge is 0.323 e. The molecule has 1 aliphatic rings. The molecule has 0 bridgehead atoms. The molecule has 7 nitrogen and oxygen atoms in total. The maximum absolute atomic E-state index is 12.3. The second-order valence-electron chi connectivity index (χ2n) is 5.85. The van der Waals surface area contributed by atoms with Gasteiger partial charge in [0, 0.05) is 36.1 Å². The van der Waals surface area contributed by atoms with E-state index in [1.165, 1.54) is 7.11 Å². The third-order valence-corrected chi connectivity index (χ3v) is 4.13. The van der Waals surface area contributed by atoms with Gasteiger partial charge in [-0.1, -0.05) is 6.07 Å².